The Bertz CT molecular complexity index is 918. The van der Waals surface area contributed by atoms with Crippen LogP contribution in [-0.4, -0.2) is 26.3 Å². The van der Waals surface area contributed by atoms with E-state index in [1.165, 1.54) is 24.7 Å². The molecule has 0 unspecified atom stereocenters. The van der Waals surface area contributed by atoms with Crippen molar-refractivity contribution < 1.29 is 19.0 Å². The molecule has 0 amide bonds. The lowest BCUT2D eigenvalue weighted by Gasteiger charge is -2.42. The first-order valence-electron chi connectivity index (χ1n) is 10.3. The highest BCUT2D eigenvalue weighted by Gasteiger charge is 2.43. The molecule has 4 heteroatoms. The van der Waals surface area contributed by atoms with E-state index in [1.807, 2.05) is 12.1 Å². The molecule has 0 spiro atoms. The van der Waals surface area contributed by atoms with Gasteiger partial charge in [-0.05, 0) is 53.0 Å². The summed E-state index contributed by atoms with van der Waals surface area (Å²) in [7, 11) is 1.39. The van der Waals surface area contributed by atoms with Gasteiger partial charge in [-0.3, -0.25) is 0 Å². The average Bonchev–Trinajstić information content (AvgIpc) is 3.22. The van der Waals surface area contributed by atoms with Gasteiger partial charge in [0.25, 0.3) is 0 Å². The summed E-state index contributed by atoms with van der Waals surface area (Å²) >= 11 is 0. The molecule has 1 aliphatic heterocycles. The predicted octanol–water partition coefficient (Wildman–Crippen LogP) is 5.07. The maximum Gasteiger partial charge on any atom is 0.337 e. The Morgan fingerprint density at radius 3 is 1.97 bits per heavy atom. The van der Waals surface area contributed by atoms with Crippen molar-refractivity contribution in [2.75, 3.05) is 20.3 Å². The zero-order chi connectivity index (χ0) is 20.9. The molecular weight excluding hydrogens is 364 g/mol. The fourth-order valence-electron chi connectivity index (χ4n) is 4.65. The van der Waals surface area contributed by atoms with Gasteiger partial charge in [0.15, 0.2) is 0 Å². The van der Waals surface area contributed by atoms with E-state index in [4.69, 9.17) is 14.2 Å². The highest BCUT2D eigenvalue weighted by atomic mass is 16.7. The standard InChI is InChI=1S/C25H30O4/c1-23(2)12-13-24(3,4)21-16-19(10-11-20(21)23)25(28-14-15-29-25)18-8-6-17(7-9-18)22(26)27-5/h6-11,16H,12-15H2,1-5H3. The number of ether oxygens (including phenoxy) is 3. The zero-order valence-corrected chi connectivity index (χ0v) is 18.0. The van der Waals surface area contributed by atoms with Crippen molar-refractivity contribution >= 4 is 5.97 Å². The van der Waals surface area contributed by atoms with Gasteiger partial charge in [0.1, 0.15) is 0 Å². The fraction of sp³-hybridized carbons (Fsp3) is 0.480. The number of carbonyl (C=O) groups excluding carboxylic acids is 1. The quantitative estimate of drug-likeness (QED) is 0.682. The van der Waals surface area contributed by atoms with Gasteiger partial charge in [0.05, 0.1) is 25.9 Å². The number of hydrogen-bond acceptors (Lipinski definition) is 4. The third kappa shape index (κ3) is 3.28. The molecule has 4 rings (SSSR count). The molecule has 1 fully saturated rings. The number of methoxy groups -OCH3 is 1. The van der Waals surface area contributed by atoms with Crippen LogP contribution in [0.15, 0.2) is 42.5 Å². The first kappa shape index (κ1) is 20.1. The van der Waals surface area contributed by atoms with Crippen LogP contribution in [0, 0.1) is 0 Å². The minimum Gasteiger partial charge on any atom is -0.465 e. The molecular formula is C25H30O4. The molecule has 0 N–H and O–H groups in total. The Morgan fingerprint density at radius 1 is 0.828 bits per heavy atom. The molecule has 1 heterocycles. The Kier molecular flexibility index (Phi) is 4.83. The van der Waals surface area contributed by atoms with Gasteiger partial charge >= 0.3 is 5.97 Å². The molecule has 29 heavy (non-hydrogen) atoms. The molecule has 1 aliphatic carbocycles. The van der Waals surface area contributed by atoms with Crippen LogP contribution in [0.5, 0.6) is 0 Å². The smallest absolute Gasteiger partial charge is 0.337 e. The van der Waals surface area contributed by atoms with Crippen molar-refractivity contribution in [3.05, 3.63) is 70.3 Å². The van der Waals surface area contributed by atoms with Gasteiger partial charge in [0.2, 0.25) is 5.79 Å². The number of rotatable bonds is 3. The molecule has 2 aliphatic rings. The van der Waals surface area contributed by atoms with Crippen molar-refractivity contribution in [3.63, 3.8) is 0 Å². The fourth-order valence-corrected chi connectivity index (χ4v) is 4.65. The summed E-state index contributed by atoms with van der Waals surface area (Å²) in [6.45, 7) is 10.3. The molecule has 0 bridgehead atoms. The third-order valence-corrected chi connectivity index (χ3v) is 6.61. The summed E-state index contributed by atoms with van der Waals surface area (Å²) < 4.78 is 17.2. The van der Waals surface area contributed by atoms with E-state index < -0.39 is 5.79 Å². The first-order chi connectivity index (χ1) is 13.7. The lowest BCUT2D eigenvalue weighted by Crippen LogP contribution is -2.35. The van der Waals surface area contributed by atoms with Crippen LogP contribution in [0.1, 0.15) is 73.1 Å². The van der Waals surface area contributed by atoms with E-state index in [-0.39, 0.29) is 16.8 Å². The van der Waals surface area contributed by atoms with Crippen molar-refractivity contribution in [1.82, 2.24) is 0 Å². The van der Waals surface area contributed by atoms with Crippen LogP contribution in [-0.2, 0) is 30.8 Å². The SMILES string of the molecule is COC(=O)c1ccc(C2(c3ccc4c(c3)C(C)(C)CCC4(C)C)OCCO2)cc1. The summed E-state index contributed by atoms with van der Waals surface area (Å²) in [6.07, 6.45) is 2.33. The molecule has 2 aromatic carbocycles. The summed E-state index contributed by atoms with van der Waals surface area (Å²) in [5.74, 6) is -1.29. The van der Waals surface area contributed by atoms with Crippen molar-refractivity contribution in [1.29, 1.82) is 0 Å². The molecule has 0 aromatic heterocycles. The lowest BCUT2D eigenvalue weighted by molar-refractivity contribution is -0.130. The Hall–Kier alpha value is -2.17. The molecule has 4 nitrogen and oxygen atoms in total. The molecule has 0 saturated carbocycles. The summed E-state index contributed by atoms with van der Waals surface area (Å²) in [5, 5.41) is 0. The van der Waals surface area contributed by atoms with Crippen LogP contribution in [0.2, 0.25) is 0 Å². The largest absolute Gasteiger partial charge is 0.465 e. The number of fused-ring (bicyclic) bond motifs is 1. The normalized spacial score (nSPS) is 21.4. The van der Waals surface area contributed by atoms with Gasteiger partial charge in [-0.15, -0.1) is 0 Å². The molecule has 1 saturated heterocycles. The van der Waals surface area contributed by atoms with Crippen molar-refractivity contribution in [2.24, 2.45) is 0 Å². The molecule has 2 aromatic rings. The number of benzene rings is 2. The van der Waals surface area contributed by atoms with Crippen LogP contribution in [0.4, 0.5) is 0 Å². The van der Waals surface area contributed by atoms with E-state index in [0.717, 1.165) is 17.5 Å². The second-order valence-corrected chi connectivity index (χ2v) is 9.41. The van der Waals surface area contributed by atoms with E-state index in [0.29, 0.717) is 18.8 Å². The maximum absolute atomic E-state index is 11.8. The van der Waals surface area contributed by atoms with Crippen LogP contribution < -0.4 is 0 Å². The van der Waals surface area contributed by atoms with E-state index in [2.05, 4.69) is 45.9 Å². The van der Waals surface area contributed by atoms with Crippen LogP contribution in [0.25, 0.3) is 0 Å². The van der Waals surface area contributed by atoms with Gasteiger partial charge < -0.3 is 14.2 Å². The van der Waals surface area contributed by atoms with Gasteiger partial charge in [-0.2, -0.15) is 0 Å². The molecule has 0 atom stereocenters. The van der Waals surface area contributed by atoms with Gasteiger partial charge in [0, 0.05) is 11.1 Å². The Morgan fingerprint density at radius 2 is 1.38 bits per heavy atom. The highest BCUT2D eigenvalue weighted by Crippen LogP contribution is 2.48. The second kappa shape index (κ2) is 6.96. The second-order valence-electron chi connectivity index (χ2n) is 9.41. The van der Waals surface area contributed by atoms with Gasteiger partial charge in [-0.25, -0.2) is 4.79 Å². The molecule has 154 valence electrons. The van der Waals surface area contributed by atoms with E-state index in [1.54, 1.807) is 12.1 Å². The maximum atomic E-state index is 11.8. The topological polar surface area (TPSA) is 44.8 Å². The number of carbonyl (C=O) groups is 1. The minimum atomic E-state index is -0.943. The van der Waals surface area contributed by atoms with Crippen molar-refractivity contribution in [3.8, 4) is 0 Å². The zero-order valence-electron chi connectivity index (χ0n) is 18.0. The summed E-state index contributed by atoms with van der Waals surface area (Å²) in [4.78, 5) is 11.8. The summed E-state index contributed by atoms with van der Waals surface area (Å²) in [5.41, 5.74) is 5.45. The predicted molar refractivity (Wildman–Crippen MR) is 112 cm³/mol. The van der Waals surface area contributed by atoms with Crippen LogP contribution in [0.3, 0.4) is 0 Å². The summed E-state index contributed by atoms with van der Waals surface area (Å²) in [6, 6.07) is 14.0. The highest BCUT2D eigenvalue weighted by molar-refractivity contribution is 5.89. The Labute approximate surface area is 173 Å². The van der Waals surface area contributed by atoms with E-state index >= 15 is 0 Å². The lowest BCUT2D eigenvalue weighted by atomic mass is 9.62. The monoisotopic (exact) mass is 394 g/mol. The van der Waals surface area contributed by atoms with Gasteiger partial charge in [-0.1, -0.05) is 52.0 Å². The van der Waals surface area contributed by atoms with Crippen molar-refractivity contribution in [2.45, 2.75) is 57.2 Å². The molecule has 0 radical (unpaired) electrons. The Balaban J connectivity index is 1.82. The minimum absolute atomic E-state index is 0.107. The first-order valence-corrected chi connectivity index (χ1v) is 10.3. The third-order valence-electron chi connectivity index (χ3n) is 6.61. The number of hydrogen-bond donors (Lipinski definition) is 0. The number of esters is 1. The average molecular weight is 395 g/mol. The van der Waals surface area contributed by atoms with Crippen LogP contribution >= 0.6 is 0 Å². The van der Waals surface area contributed by atoms with E-state index in [9.17, 15) is 4.79 Å².